The summed E-state index contributed by atoms with van der Waals surface area (Å²) in [7, 11) is 0. The highest BCUT2D eigenvalue weighted by atomic mass is 32.2. The zero-order valence-corrected chi connectivity index (χ0v) is 13.8. The third-order valence-electron chi connectivity index (χ3n) is 3.85. The summed E-state index contributed by atoms with van der Waals surface area (Å²) in [6.07, 6.45) is 0. The van der Waals surface area contributed by atoms with E-state index in [1.54, 1.807) is 0 Å². The summed E-state index contributed by atoms with van der Waals surface area (Å²) >= 11 is 3.66. The Balaban J connectivity index is 1.94. The predicted octanol–water partition coefficient (Wildman–Crippen LogP) is 5.86. The van der Waals surface area contributed by atoms with Crippen molar-refractivity contribution in [2.45, 2.75) is 26.5 Å². The molecule has 0 atom stereocenters. The molecule has 1 heterocycles. The molecule has 1 nitrogen and oxygen atoms in total. The van der Waals surface area contributed by atoms with Gasteiger partial charge in [0, 0.05) is 30.8 Å². The SMILES string of the molecule is Cc1ccccc1-c1c(N)ccc2c1Sc1ccccc1S2. The van der Waals surface area contributed by atoms with Crippen molar-refractivity contribution in [2.24, 2.45) is 0 Å². The van der Waals surface area contributed by atoms with Gasteiger partial charge in [0.2, 0.25) is 0 Å². The standard InChI is InChI=1S/C19H15NS2/c1-12-6-2-3-7-13(12)18-14(20)10-11-17-19(18)22-16-9-5-4-8-15(16)21-17/h2-11H,20H2,1H3. The highest BCUT2D eigenvalue weighted by Crippen LogP contribution is 2.53. The van der Waals surface area contributed by atoms with Crippen molar-refractivity contribution >= 4 is 29.2 Å². The fourth-order valence-electron chi connectivity index (χ4n) is 2.74. The Labute approximate surface area is 138 Å². The van der Waals surface area contributed by atoms with Crippen molar-refractivity contribution in [3.05, 3.63) is 66.2 Å². The number of fused-ring (bicyclic) bond motifs is 2. The Bertz CT molecular complexity index is 871. The predicted molar refractivity (Wildman–Crippen MR) is 95.7 cm³/mol. The maximum atomic E-state index is 6.34. The van der Waals surface area contributed by atoms with E-state index in [0.29, 0.717) is 0 Å². The molecule has 2 N–H and O–H groups in total. The summed E-state index contributed by atoms with van der Waals surface area (Å²) in [6, 6.07) is 21.2. The van der Waals surface area contributed by atoms with Crippen molar-refractivity contribution in [3.63, 3.8) is 0 Å². The molecule has 1 aliphatic heterocycles. The third kappa shape index (κ3) is 2.21. The molecule has 0 amide bonds. The van der Waals surface area contributed by atoms with Crippen LogP contribution in [0.3, 0.4) is 0 Å². The smallest absolute Gasteiger partial charge is 0.0406 e. The van der Waals surface area contributed by atoms with Crippen molar-refractivity contribution in [1.29, 1.82) is 0 Å². The molecule has 0 saturated heterocycles. The van der Waals surface area contributed by atoms with Gasteiger partial charge >= 0.3 is 0 Å². The maximum absolute atomic E-state index is 6.34. The fourth-order valence-corrected chi connectivity index (χ4v) is 5.16. The molecule has 0 aromatic heterocycles. The summed E-state index contributed by atoms with van der Waals surface area (Å²) in [6.45, 7) is 2.14. The van der Waals surface area contributed by atoms with Crippen molar-refractivity contribution in [2.75, 3.05) is 5.73 Å². The summed E-state index contributed by atoms with van der Waals surface area (Å²) in [5, 5.41) is 0. The van der Waals surface area contributed by atoms with Crippen LogP contribution in [0.5, 0.6) is 0 Å². The lowest BCUT2D eigenvalue weighted by molar-refractivity contribution is 1.16. The molecule has 0 unspecified atom stereocenters. The molecule has 3 aromatic carbocycles. The minimum atomic E-state index is 0.848. The van der Waals surface area contributed by atoms with Crippen LogP contribution in [0.2, 0.25) is 0 Å². The number of nitrogen functional groups attached to an aromatic ring is 1. The van der Waals surface area contributed by atoms with Crippen LogP contribution in [0.25, 0.3) is 11.1 Å². The highest BCUT2D eigenvalue weighted by Gasteiger charge is 2.22. The summed E-state index contributed by atoms with van der Waals surface area (Å²) < 4.78 is 0. The summed E-state index contributed by atoms with van der Waals surface area (Å²) in [5.74, 6) is 0. The van der Waals surface area contributed by atoms with Gasteiger partial charge in [-0.2, -0.15) is 0 Å². The first kappa shape index (κ1) is 13.8. The number of hydrogen-bond acceptors (Lipinski definition) is 3. The molecular formula is C19H15NS2. The van der Waals surface area contributed by atoms with Gasteiger partial charge in [0.25, 0.3) is 0 Å². The molecule has 3 aromatic rings. The van der Waals surface area contributed by atoms with Gasteiger partial charge in [-0.1, -0.05) is 59.9 Å². The van der Waals surface area contributed by atoms with Crippen LogP contribution in [0, 0.1) is 6.92 Å². The average Bonchev–Trinajstić information content (AvgIpc) is 2.54. The van der Waals surface area contributed by atoms with E-state index in [-0.39, 0.29) is 0 Å². The Morgan fingerprint density at radius 1 is 0.727 bits per heavy atom. The van der Waals surface area contributed by atoms with E-state index in [4.69, 9.17) is 5.73 Å². The molecule has 3 heteroatoms. The molecule has 22 heavy (non-hydrogen) atoms. The molecule has 1 aliphatic rings. The lowest BCUT2D eigenvalue weighted by Gasteiger charge is -2.23. The molecule has 4 rings (SSSR count). The van der Waals surface area contributed by atoms with Gasteiger partial charge < -0.3 is 5.73 Å². The lowest BCUT2D eigenvalue weighted by atomic mass is 9.99. The molecule has 0 radical (unpaired) electrons. The fraction of sp³-hybridized carbons (Fsp3) is 0.0526. The zero-order chi connectivity index (χ0) is 15.1. The van der Waals surface area contributed by atoms with E-state index in [9.17, 15) is 0 Å². The molecule has 108 valence electrons. The second kappa shape index (κ2) is 5.41. The molecule has 0 aliphatic carbocycles. The molecule has 0 fully saturated rings. The van der Waals surface area contributed by atoms with E-state index in [0.717, 1.165) is 5.69 Å². The van der Waals surface area contributed by atoms with Gasteiger partial charge in [0.15, 0.2) is 0 Å². The average molecular weight is 321 g/mol. The Morgan fingerprint density at radius 3 is 2.18 bits per heavy atom. The third-order valence-corrected chi connectivity index (χ3v) is 6.45. The molecule has 0 saturated carbocycles. The van der Waals surface area contributed by atoms with Crippen molar-refractivity contribution in [3.8, 4) is 11.1 Å². The second-order valence-corrected chi connectivity index (χ2v) is 7.46. The number of hydrogen-bond donors (Lipinski definition) is 1. The monoisotopic (exact) mass is 321 g/mol. The Hall–Kier alpha value is -1.84. The number of aryl methyl sites for hydroxylation is 1. The summed E-state index contributed by atoms with van der Waals surface area (Å²) in [5.41, 5.74) is 10.8. The Kier molecular flexibility index (Phi) is 3.40. The first-order valence-corrected chi connectivity index (χ1v) is 8.80. The minimum Gasteiger partial charge on any atom is -0.398 e. The van der Waals surface area contributed by atoms with Gasteiger partial charge in [0.1, 0.15) is 0 Å². The first-order chi connectivity index (χ1) is 10.7. The van der Waals surface area contributed by atoms with Gasteiger partial charge in [0.05, 0.1) is 0 Å². The number of anilines is 1. The van der Waals surface area contributed by atoms with Crippen molar-refractivity contribution in [1.82, 2.24) is 0 Å². The largest absolute Gasteiger partial charge is 0.398 e. The van der Waals surface area contributed by atoms with Crippen LogP contribution >= 0.6 is 23.5 Å². The van der Waals surface area contributed by atoms with Gasteiger partial charge in [-0.25, -0.2) is 0 Å². The molecule has 0 bridgehead atoms. The van der Waals surface area contributed by atoms with E-state index in [1.807, 2.05) is 29.6 Å². The Morgan fingerprint density at radius 2 is 1.41 bits per heavy atom. The van der Waals surface area contributed by atoms with E-state index in [2.05, 4.69) is 61.5 Å². The second-order valence-electron chi connectivity index (χ2n) is 5.32. The maximum Gasteiger partial charge on any atom is 0.0406 e. The van der Waals surface area contributed by atoms with Crippen LogP contribution in [-0.2, 0) is 0 Å². The van der Waals surface area contributed by atoms with E-state index in [1.165, 1.54) is 36.3 Å². The normalized spacial score (nSPS) is 12.6. The van der Waals surface area contributed by atoms with Crippen LogP contribution in [-0.4, -0.2) is 0 Å². The zero-order valence-electron chi connectivity index (χ0n) is 12.2. The van der Waals surface area contributed by atoms with Crippen LogP contribution in [0.4, 0.5) is 5.69 Å². The number of benzene rings is 3. The topological polar surface area (TPSA) is 26.0 Å². The molecular weight excluding hydrogens is 306 g/mol. The van der Waals surface area contributed by atoms with Crippen molar-refractivity contribution < 1.29 is 0 Å². The first-order valence-electron chi connectivity index (χ1n) is 7.17. The van der Waals surface area contributed by atoms with Gasteiger partial charge in [-0.15, -0.1) is 0 Å². The highest BCUT2D eigenvalue weighted by molar-refractivity contribution is 8.05. The summed E-state index contributed by atoms with van der Waals surface area (Å²) in [4.78, 5) is 5.19. The van der Waals surface area contributed by atoms with Gasteiger partial charge in [-0.3, -0.25) is 0 Å². The van der Waals surface area contributed by atoms with E-state index < -0.39 is 0 Å². The lowest BCUT2D eigenvalue weighted by Crippen LogP contribution is -1.98. The van der Waals surface area contributed by atoms with Crippen LogP contribution in [0.1, 0.15) is 5.56 Å². The number of nitrogens with two attached hydrogens (primary N) is 1. The van der Waals surface area contributed by atoms with E-state index >= 15 is 0 Å². The molecule has 0 spiro atoms. The quantitative estimate of drug-likeness (QED) is 0.445. The van der Waals surface area contributed by atoms with Gasteiger partial charge in [-0.05, 0) is 42.3 Å². The number of rotatable bonds is 1. The van der Waals surface area contributed by atoms with Crippen LogP contribution in [0.15, 0.2) is 80.2 Å². The minimum absolute atomic E-state index is 0.848. The van der Waals surface area contributed by atoms with Crippen LogP contribution < -0.4 is 5.73 Å².